The molecular formula is C25H36IN3O7. The Morgan fingerprint density at radius 1 is 1.28 bits per heavy atom. The Balaban J connectivity index is 1.86. The summed E-state index contributed by atoms with van der Waals surface area (Å²) in [5.74, 6) is -0.0309. The molecule has 2 aliphatic rings. The fourth-order valence-electron chi connectivity index (χ4n) is 4.29. The van der Waals surface area contributed by atoms with Gasteiger partial charge in [-0.05, 0) is 47.7 Å². The first-order valence-electron chi connectivity index (χ1n) is 12.3. The molecule has 0 bridgehead atoms. The Morgan fingerprint density at radius 3 is 2.72 bits per heavy atom. The van der Waals surface area contributed by atoms with E-state index in [1.54, 1.807) is 17.0 Å². The maximum atomic E-state index is 13.2. The quantitative estimate of drug-likeness (QED) is 0.289. The van der Waals surface area contributed by atoms with E-state index in [0.717, 1.165) is 16.7 Å². The van der Waals surface area contributed by atoms with Gasteiger partial charge in [-0.1, -0.05) is 12.1 Å². The second-order valence-corrected chi connectivity index (χ2v) is 9.79. The van der Waals surface area contributed by atoms with Crippen molar-refractivity contribution in [2.45, 2.75) is 31.6 Å². The third kappa shape index (κ3) is 8.12. The number of nitrogens with zero attached hydrogens (tertiary/aromatic N) is 2. The summed E-state index contributed by atoms with van der Waals surface area (Å²) in [7, 11) is 0. The highest BCUT2D eigenvalue weighted by Crippen LogP contribution is 2.29. The van der Waals surface area contributed by atoms with Crippen LogP contribution in [0.2, 0.25) is 0 Å². The molecule has 0 spiro atoms. The Morgan fingerprint density at radius 2 is 2.03 bits per heavy atom. The van der Waals surface area contributed by atoms with Crippen molar-refractivity contribution in [3.05, 3.63) is 39.5 Å². The van der Waals surface area contributed by atoms with Gasteiger partial charge in [0, 0.05) is 51.3 Å². The predicted molar refractivity (Wildman–Crippen MR) is 142 cm³/mol. The number of hydrogen-bond donors (Lipinski definition) is 3. The number of hydrogen-bond acceptors (Lipinski definition) is 8. The van der Waals surface area contributed by atoms with E-state index in [-0.39, 0.29) is 38.0 Å². The van der Waals surface area contributed by atoms with E-state index < -0.39 is 18.2 Å². The first kappa shape index (κ1) is 28.8. The number of rotatable bonds is 12. The normalized spacial score (nSPS) is 22.6. The summed E-state index contributed by atoms with van der Waals surface area (Å²) < 4.78 is 17.8. The molecule has 11 heteroatoms. The van der Waals surface area contributed by atoms with Crippen LogP contribution in [0.5, 0.6) is 5.75 Å². The number of nitrogens with one attached hydrogen (secondary N) is 1. The molecule has 1 saturated heterocycles. The monoisotopic (exact) mass is 617 g/mol. The van der Waals surface area contributed by atoms with Crippen LogP contribution < -0.4 is 10.1 Å². The molecule has 10 nitrogen and oxygen atoms in total. The maximum absolute atomic E-state index is 13.2. The number of aliphatic hydroxyl groups excluding tert-OH is 2. The summed E-state index contributed by atoms with van der Waals surface area (Å²) in [6.07, 6.45) is -0.138. The average Bonchev–Trinajstić information content (AvgIpc) is 2.89. The summed E-state index contributed by atoms with van der Waals surface area (Å²) in [5.41, 5.74) is 0.398. The lowest BCUT2D eigenvalue weighted by Gasteiger charge is -2.41. The van der Waals surface area contributed by atoms with Gasteiger partial charge in [0.1, 0.15) is 24.6 Å². The number of para-hydroxylation sites is 1. The van der Waals surface area contributed by atoms with Crippen molar-refractivity contribution < 1.29 is 34.0 Å². The van der Waals surface area contributed by atoms with Crippen molar-refractivity contribution in [2.24, 2.45) is 0 Å². The van der Waals surface area contributed by atoms with Crippen molar-refractivity contribution in [3.8, 4) is 5.75 Å². The van der Waals surface area contributed by atoms with Gasteiger partial charge in [-0.3, -0.25) is 14.5 Å². The predicted octanol–water partition coefficient (Wildman–Crippen LogP) is 0.404. The third-order valence-electron chi connectivity index (χ3n) is 6.23. The third-order valence-corrected chi connectivity index (χ3v) is 7.12. The Labute approximate surface area is 225 Å². The molecule has 36 heavy (non-hydrogen) atoms. The minimum atomic E-state index is -1.06. The van der Waals surface area contributed by atoms with Crippen LogP contribution in [0.15, 0.2) is 35.9 Å². The molecule has 0 radical (unpaired) electrons. The molecule has 1 aliphatic carbocycles. The Hall–Kier alpha value is -1.77. The van der Waals surface area contributed by atoms with E-state index in [1.807, 2.05) is 25.1 Å². The van der Waals surface area contributed by atoms with E-state index in [0.29, 0.717) is 44.2 Å². The summed E-state index contributed by atoms with van der Waals surface area (Å²) in [5, 5.41) is 23.2. The van der Waals surface area contributed by atoms with Crippen LogP contribution in [0.1, 0.15) is 13.3 Å². The molecule has 1 aromatic carbocycles. The number of aliphatic hydroxyl groups is 2. The molecule has 0 aromatic heterocycles. The summed E-state index contributed by atoms with van der Waals surface area (Å²) in [4.78, 5) is 29.9. The lowest BCUT2D eigenvalue weighted by atomic mass is 9.88. The van der Waals surface area contributed by atoms with Crippen LogP contribution in [-0.2, 0) is 19.1 Å². The second kappa shape index (κ2) is 14.8. The molecule has 1 fully saturated rings. The second-order valence-electron chi connectivity index (χ2n) is 8.62. The van der Waals surface area contributed by atoms with Crippen molar-refractivity contribution in [1.29, 1.82) is 0 Å². The average molecular weight is 617 g/mol. The van der Waals surface area contributed by atoms with Gasteiger partial charge in [0.25, 0.3) is 0 Å². The zero-order valence-corrected chi connectivity index (χ0v) is 22.8. The van der Waals surface area contributed by atoms with Crippen LogP contribution in [0.3, 0.4) is 0 Å². The number of carbonyl (C=O) groups excluding carboxylic acids is 2. The fraction of sp³-hybridized carbons (Fsp3) is 0.600. The molecule has 200 valence electrons. The molecule has 0 saturated carbocycles. The fourth-order valence-corrected chi connectivity index (χ4v) is 4.80. The molecular weight excluding hydrogens is 581 g/mol. The van der Waals surface area contributed by atoms with E-state index in [4.69, 9.17) is 19.3 Å². The van der Waals surface area contributed by atoms with Crippen molar-refractivity contribution in [2.75, 3.05) is 65.8 Å². The lowest BCUT2D eigenvalue weighted by Crippen LogP contribution is -2.57. The molecule has 1 aliphatic heterocycles. The smallest absolute Gasteiger partial charge is 0.248 e. The molecule has 2 amide bonds. The number of benzene rings is 1. The van der Waals surface area contributed by atoms with Crippen LogP contribution in [0.25, 0.3) is 0 Å². The van der Waals surface area contributed by atoms with Gasteiger partial charge in [-0.2, -0.15) is 0 Å². The highest BCUT2D eigenvalue weighted by Gasteiger charge is 2.40. The zero-order valence-electron chi connectivity index (χ0n) is 20.6. The van der Waals surface area contributed by atoms with E-state index in [2.05, 4.69) is 32.8 Å². The minimum absolute atomic E-state index is 0.107. The SMILES string of the molecule is CCOCC(=O)N(CCN1CCOCC1)C1CC(C(=O)NCCO)=CC(Oc2ccccc2I)C1O. The zero-order chi connectivity index (χ0) is 25.9. The number of ether oxygens (including phenoxy) is 3. The highest BCUT2D eigenvalue weighted by atomic mass is 127. The van der Waals surface area contributed by atoms with Crippen molar-refractivity contribution in [3.63, 3.8) is 0 Å². The first-order chi connectivity index (χ1) is 17.4. The Bertz CT molecular complexity index is 894. The van der Waals surface area contributed by atoms with Gasteiger partial charge in [-0.15, -0.1) is 0 Å². The standard InChI is InChI=1S/C25H36IN3O7/c1-2-34-17-23(31)29(9-8-28-10-13-35-14-11-28)20-15-18(25(33)27-7-12-30)16-22(24(20)32)36-21-6-4-3-5-19(21)26/h3-6,16,20,22,24,30,32H,2,7-15,17H2,1H3,(H,27,33). The highest BCUT2D eigenvalue weighted by molar-refractivity contribution is 14.1. The van der Waals surface area contributed by atoms with E-state index in [1.165, 1.54) is 0 Å². The van der Waals surface area contributed by atoms with Crippen LogP contribution in [-0.4, -0.2) is 116 Å². The number of amides is 2. The van der Waals surface area contributed by atoms with Crippen LogP contribution >= 0.6 is 22.6 Å². The van der Waals surface area contributed by atoms with Gasteiger partial charge in [0.2, 0.25) is 11.8 Å². The molecule has 1 aromatic rings. The maximum Gasteiger partial charge on any atom is 0.248 e. The first-order valence-corrected chi connectivity index (χ1v) is 13.4. The van der Waals surface area contributed by atoms with Gasteiger partial charge in [0.15, 0.2) is 0 Å². The largest absolute Gasteiger partial charge is 0.482 e. The topological polar surface area (TPSA) is 121 Å². The Kier molecular flexibility index (Phi) is 11.9. The van der Waals surface area contributed by atoms with Crippen LogP contribution in [0, 0.1) is 3.57 Å². The van der Waals surface area contributed by atoms with E-state index in [9.17, 15) is 14.7 Å². The van der Waals surface area contributed by atoms with Gasteiger partial charge in [-0.25, -0.2) is 0 Å². The number of carbonyl (C=O) groups is 2. The van der Waals surface area contributed by atoms with Gasteiger partial charge < -0.3 is 34.6 Å². The van der Waals surface area contributed by atoms with Crippen molar-refractivity contribution in [1.82, 2.24) is 15.1 Å². The van der Waals surface area contributed by atoms with Gasteiger partial charge >= 0.3 is 0 Å². The summed E-state index contributed by atoms with van der Waals surface area (Å²) in [6.45, 7) is 5.83. The molecule has 1 heterocycles. The molecule has 3 N–H and O–H groups in total. The molecule has 3 atom stereocenters. The lowest BCUT2D eigenvalue weighted by molar-refractivity contribution is -0.143. The molecule has 3 rings (SSSR count). The number of halogens is 1. The van der Waals surface area contributed by atoms with Gasteiger partial charge in [0.05, 0.1) is 29.4 Å². The molecule has 3 unspecified atom stereocenters. The summed E-state index contributed by atoms with van der Waals surface area (Å²) >= 11 is 2.15. The number of morpholine rings is 1. The summed E-state index contributed by atoms with van der Waals surface area (Å²) in [6, 6.07) is 6.72. The van der Waals surface area contributed by atoms with Crippen molar-refractivity contribution >= 4 is 34.4 Å². The van der Waals surface area contributed by atoms with Crippen LogP contribution in [0.4, 0.5) is 0 Å². The van der Waals surface area contributed by atoms with E-state index >= 15 is 0 Å². The minimum Gasteiger partial charge on any atom is -0.482 e.